The van der Waals surface area contributed by atoms with Crippen molar-refractivity contribution in [2.45, 2.75) is 24.3 Å². The van der Waals surface area contributed by atoms with Crippen LogP contribution in [0.3, 0.4) is 0 Å². The quantitative estimate of drug-likeness (QED) is 0.837. The van der Waals surface area contributed by atoms with Crippen molar-refractivity contribution in [1.82, 2.24) is 14.1 Å². The number of rotatable bonds is 5. The number of nitrogens with zero attached hydrogens (tertiary/aromatic N) is 4. The molecule has 0 unspecified atom stereocenters. The zero-order valence-corrected chi connectivity index (χ0v) is 14.3. The first-order valence-electron chi connectivity index (χ1n) is 7.76. The van der Waals surface area contributed by atoms with Crippen molar-refractivity contribution < 1.29 is 8.42 Å². The third-order valence-electron chi connectivity index (χ3n) is 4.22. The van der Waals surface area contributed by atoms with Gasteiger partial charge in [0, 0.05) is 45.6 Å². The molecule has 0 amide bonds. The summed E-state index contributed by atoms with van der Waals surface area (Å²) in [5.41, 5.74) is 2.17. The summed E-state index contributed by atoms with van der Waals surface area (Å²) in [6, 6.07) is 8.04. The molecule has 2 aromatic rings. The highest BCUT2D eigenvalue weighted by atomic mass is 32.2. The first kappa shape index (κ1) is 16.0. The minimum absolute atomic E-state index is 0.223. The molecule has 1 aliphatic heterocycles. The molecule has 124 valence electrons. The fourth-order valence-corrected chi connectivity index (χ4v) is 4.08. The third-order valence-corrected chi connectivity index (χ3v) is 5.98. The van der Waals surface area contributed by atoms with E-state index in [0.717, 1.165) is 24.3 Å². The summed E-state index contributed by atoms with van der Waals surface area (Å²) >= 11 is 0. The molecule has 0 saturated carbocycles. The second-order valence-electron chi connectivity index (χ2n) is 5.93. The van der Waals surface area contributed by atoms with Crippen molar-refractivity contribution in [2.75, 3.05) is 25.0 Å². The van der Waals surface area contributed by atoms with Crippen molar-refractivity contribution >= 4 is 15.7 Å². The van der Waals surface area contributed by atoms with E-state index in [9.17, 15) is 8.42 Å². The summed E-state index contributed by atoms with van der Waals surface area (Å²) in [4.78, 5) is 2.56. The van der Waals surface area contributed by atoms with Crippen LogP contribution in [0.5, 0.6) is 0 Å². The molecular formula is C16H22N4O2S. The lowest BCUT2D eigenvalue weighted by atomic mass is 10.1. The van der Waals surface area contributed by atoms with Crippen molar-refractivity contribution in [1.29, 1.82) is 0 Å². The van der Waals surface area contributed by atoms with Gasteiger partial charge in [0.25, 0.3) is 0 Å². The summed E-state index contributed by atoms with van der Waals surface area (Å²) in [5.74, 6) is 0. The van der Waals surface area contributed by atoms with Crippen LogP contribution < -0.4 is 4.90 Å². The van der Waals surface area contributed by atoms with Gasteiger partial charge in [-0.05, 0) is 24.5 Å². The van der Waals surface area contributed by atoms with Crippen LogP contribution >= 0.6 is 0 Å². The Labute approximate surface area is 137 Å². The van der Waals surface area contributed by atoms with Crippen molar-refractivity contribution in [2.24, 2.45) is 7.05 Å². The summed E-state index contributed by atoms with van der Waals surface area (Å²) in [5, 5.41) is 3.96. The van der Waals surface area contributed by atoms with Gasteiger partial charge in [-0.25, -0.2) is 8.42 Å². The Bertz CT molecular complexity index is 779. The molecule has 7 heteroatoms. The van der Waals surface area contributed by atoms with Crippen LogP contribution in [0.2, 0.25) is 0 Å². The Morgan fingerprint density at radius 2 is 1.91 bits per heavy atom. The largest absolute Gasteiger partial charge is 0.371 e. The lowest BCUT2D eigenvalue weighted by Crippen LogP contribution is -2.28. The van der Waals surface area contributed by atoms with Crippen LogP contribution in [0.25, 0.3) is 0 Å². The zero-order valence-electron chi connectivity index (χ0n) is 13.5. The van der Waals surface area contributed by atoms with E-state index in [0.29, 0.717) is 6.54 Å². The minimum atomic E-state index is -3.53. The smallest absolute Gasteiger partial charge is 0.246 e. The molecule has 1 aromatic carbocycles. The number of para-hydroxylation sites is 1. The summed E-state index contributed by atoms with van der Waals surface area (Å²) in [6.07, 6.45) is 5.30. The molecule has 0 bridgehead atoms. The molecule has 1 aliphatic rings. The van der Waals surface area contributed by atoms with Gasteiger partial charge in [0.1, 0.15) is 4.90 Å². The number of aryl methyl sites for hydroxylation is 1. The van der Waals surface area contributed by atoms with E-state index in [1.165, 1.54) is 34.2 Å². The van der Waals surface area contributed by atoms with Gasteiger partial charge >= 0.3 is 0 Å². The SMILES string of the molecule is CN(Cc1ccccc1N1CCCC1)S(=O)(=O)c1cnn(C)c1. The number of aromatic nitrogens is 2. The third kappa shape index (κ3) is 3.25. The van der Waals surface area contributed by atoms with Gasteiger partial charge in [-0.1, -0.05) is 18.2 Å². The number of hydrogen-bond acceptors (Lipinski definition) is 4. The van der Waals surface area contributed by atoms with Gasteiger partial charge in [0.05, 0.1) is 6.20 Å². The number of sulfonamides is 1. The lowest BCUT2D eigenvalue weighted by molar-refractivity contribution is 0.466. The predicted octanol–water partition coefficient (Wildman–Crippen LogP) is 1.84. The highest BCUT2D eigenvalue weighted by Gasteiger charge is 2.24. The van der Waals surface area contributed by atoms with Crippen LogP contribution in [0.15, 0.2) is 41.6 Å². The van der Waals surface area contributed by atoms with Crippen LogP contribution in [0.4, 0.5) is 5.69 Å². The molecule has 23 heavy (non-hydrogen) atoms. The molecule has 2 heterocycles. The fraction of sp³-hybridized carbons (Fsp3) is 0.438. The highest BCUT2D eigenvalue weighted by Crippen LogP contribution is 2.26. The topological polar surface area (TPSA) is 58.4 Å². The van der Waals surface area contributed by atoms with Gasteiger partial charge in [-0.3, -0.25) is 4.68 Å². The maximum absolute atomic E-state index is 12.6. The van der Waals surface area contributed by atoms with E-state index >= 15 is 0 Å². The van der Waals surface area contributed by atoms with Crippen molar-refractivity contribution in [3.05, 3.63) is 42.2 Å². The second-order valence-corrected chi connectivity index (χ2v) is 7.98. The van der Waals surface area contributed by atoms with E-state index in [2.05, 4.69) is 16.1 Å². The fourth-order valence-electron chi connectivity index (χ4n) is 2.95. The Kier molecular flexibility index (Phi) is 4.41. The summed E-state index contributed by atoms with van der Waals surface area (Å²) < 4.78 is 28.2. The normalized spacial score (nSPS) is 15.5. The van der Waals surface area contributed by atoms with Gasteiger partial charge < -0.3 is 4.90 Å². The Morgan fingerprint density at radius 3 is 2.57 bits per heavy atom. The first-order valence-corrected chi connectivity index (χ1v) is 9.20. The molecule has 1 aromatic heterocycles. The summed E-state index contributed by atoms with van der Waals surface area (Å²) in [7, 11) is -0.201. The van der Waals surface area contributed by atoms with E-state index in [1.807, 2.05) is 18.2 Å². The molecular weight excluding hydrogens is 312 g/mol. The van der Waals surface area contributed by atoms with E-state index in [4.69, 9.17) is 0 Å². The molecule has 1 fully saturated rings. The second kappa shape index (κ2) is 6.33. The summed E-state index contributed by atoms with van der Waals surface area (Å²) in [6.45, 7) is 2.43. The molecule has 1 saturated heterocycles. The van der Waals surface area contributed by atoms with Gasteiger partial charge in [-0.2, -0.15) is 9.40 Å². The Hall–Kier alpha value is -1.86. The van der Waals surface area contributed by atoms with Crippen LogP contribution in [-0.2, 0) is 23.6 Å². The van der Waals surface area contributed by atoms with Gasteiger partial charge in [0.15, 0.2) is 0 Å². The monoisotopic (exact) mass is 334 g/mol. The maximum Gasteiger partial charge on any atom is 0.246 e. The molecule has 0 radical (unpaired) electrons. The molecule has 0 atom stereocenters. The predicted molar refractivity (Wildman–Crippen MR) is 89.7 cm³/mol. The van der Waals surface area contributed by atoms with Crippen LogP contribution in [0, 0.1) is 0 Å². The molecule has 0 N–H and O–H groups in total. The minimum Gasteiger partial charge on any atom is -0.371 e. The average molecular weight is 334 g/mol. The van der Waals surface area contributed by atoms with Crippen molar-refractivity contribution in [3.8, 4) is 0 Å². The maximum atomic E-state index is 12.6. The van der Waals surface area contributed by atoms with Crippen molar-refractivity contribution in [3.63, 3.8) is 0 Å². The van der Waals surface area contributed by atoms with Gasteiger partial charge in [-0.15, -0.1) is 0 Å². The number of benzene rings is 1. The van der Waals surface area contributed by atoms with E-state index < -0.39 is 10.0 Å². The van der Waals surface area contributed by atoms with E-state index in [1.54, 1.807) is 14.1 Å². The first-order chi connectivity index (χ1) is 11.0. The average Bonchev–Trinajstić information content (AvgIpc) is 3.19. The Morgan fingerprint density at radius 1 is 1.22 bits per heavy atom. The standard InChI is InChI=1S/C16H22N4O2S/c1-18-13-15(11-17-18)23(21,22)19(2)12-14-7-3-4-8-16(14)20-9-5-6-10-20/h3-4,7-8,11,13H,5-6,9-10,12H2,1-2H3. The molecule has 3 rings (SSSR count). The lowest BCUT2D eigenvalue weighted by Gasteiger charge is -2.24. The van der Waals surface area contributed by atoms with E-state index in [-0.39, 0.29) is 4.90 Å². The van der Waals surface area contributed by atoms with Gasteiger partial charge in [0.2, 0.25) is 10.0 Å². The van der Waals surface area contributed by atoms with Crippen LogP contribution in [-0.4, -0.2) is 42.6 Å². The Balaban J connectivity index is 1.84. The number of anilines is 1. The molecule has 6 nitrogen and oxygen atoms in total. The zero-order chi connectivity index (χ0) is 16.4. The molecule has 0 spiro atoms. The number of hydrogen-bond donors (Lipinski definition) is 0. The highest BCUT2D eigenvalue weighted by molar-refractivity contribution is 7.89. The van der Waals surface area contributed by atoms with Crippen LogP contribution in [0.1, 0.15) is 18.4 Å². The molecule has 0 aliphatic carbocycles.